The maximum Gasteiger partial charge on any atom is 0.168 e. The van der Waals surface area contributed by atoms with Crippen molar-refractivity contribution in [1.29, 1.82) is 0 Å². The number of unbranched alkanes of at least 4 members (excludes halogenated alkanes) is 2. The maximum atomic E-state index is 10.5. The van der Waals surface area contributed by atoms with E-state index in [4.69, 9.17) is 0 Å². The second kappa shape index (κ2) is 8.92. The Morgan fingerprint density at radius 3 is 1.50 bits per heavy atom. The van der Waals surface area contributed by atoms with E-state index < -0.39 is 5.79 Å². The molecule has 0 aliphatic heterocycles. The predicted molar refractivity (Wildman–Crippen MR) is 78.5 cm³/mol. The van der Waals surface area contributed by atoms with Crippen molar-refractivity contribution >= 4 is 0 Å². The quantitative estimate of drug-likeness (QED) is 0.419. The first kappa shape index (κ1) is 17.9. The fourth-order valence-electron chi connectivity index (χ4n) is 3.26. The lowest BCUT2D eigenvalue weighted by Crippen LogP contribution is -2.48. The second-order valence-electron chi connectivity index (χ2n) is 5.80. The van der Waals surface area contributed by atoms with E-state index in [-0.39, 0.29) is 5.41 Å². The first-order valence-electron chi connectivity index (χ1n) is 7.94. The van der Waals surface area contributed by atoms with Crippen molar-refractivity contribution in [1.82, 2.24) is 0 Å². The summed E-state index contributed by atoms with van der Waals surface area (Å²) >= 11 is 0. The molecule has 0 aliphatic rings. The van der Waals surface area contributed by atoms with Crippen molar-refractivity contribution in [2.75, 3.05) is 0 Å². The first-order chi connectivity index (χ1) is 8.49. The Labute approximate surface area is 114 Å². The molecule has 0 atom stereocenters. The fraction of sp³-hybridized carbons (Fsp3) is 1.00. The molecule has 0 spiro atoms. The molecule has 110 valence electrons. The zero-order chi connectivity index (χ0) is 14.1. The van der Waals surface area contributed by atoms with Gasteiger partial charge in [-0.15, -0.1) is 0 Å². The number of aliphatic hydroxyl groups is 2. The summed E-state index contributed by atoms with van der Waals surface area (Å²) in [5.74, 6) is -1.48. The van der Waals surface area contributed by atoms with Gasteiger partial charge in [0.25, 0.3) is 0 Å². The van der Waals surface area contributed by atoms with E-state index >= 15 is 0 Å². The van der Waals surface area contributed by atoms with Gasteiger partial charge in [-0.1, -0.05) is 66.2 Å². The largest absolute Gasteiger partial charge is 0.365 e. The highest BCUT2D eigenvalue weighted by Gasteiger charge is 2.46. The standard InChI is InChI=1S/C16H34O2/c1-5-9-10-14-15(11-6-2,12-7-3)16(17,18)13-8-4/h17-18H,5-14H2,1-4H3. The van der Waals surface area contributed by atoms with Crippen molar-refractivity contribution in [2.24, 2.45) is 5.41 Å². The predicted octanol–water partition coefficient (Wildman–Crippen LogP) is 4.63. The molecule has 2 N–H and O–H groups in total. The molecule has 2 nitrogen and oxygen atoms in total. The first-order valence-corrected chi connectivity index (χ1v) is 7.94. The van der Waals surface area contributed by atoms with Crippen LogP contribution in [-0.4, -0.2) is 16.0 Å². The van der Waals surface area contributed by atoms with Crippen LogP contribution >= 0.6 is 0 Å². The van der Waals surface area contributed by atoms with Crippen LogP contribution in [0.1, 0.15) is 91.9 Å². The van der Waals surface area contributed by atoms with Gasteiger partial charge in [0.1, 0.15) is 0 Å². The highest BCUT2D eigenvalue weighted by atomic mass is 16.5. The molecular weight excluding hydrogens is 224 g/mol. The Hall–Kier alpha value is -0.0800. The van der Waals surface area contributed by atoms with Crippen LogP contribution in [-0.2, 0) is 0 Å². The normalized spacial score (nSPS) is 13.0. The SMILES string of the molecule is CCCCCC(CCC)(CCC)C(O)(O)CCC. The number of rotatable bonds is 11. The number of hydrogen-bond donors (Lipinski definition) is 2. The van der Waals surface area contributed by atoms with Crippen LogP contribution in [0.5, 0.6) is 0 Å². The third kappa shape index (κ3) is 4.89. The fourth-order valence-corrected chi connectivity index (χ4v) is 3.26. The topological polar surface area (TPSA) is 40.5 Å². The van der Waals surface area contributed by atoms with Crippen molar-refractivity contribution in [2.45, 2.75) is 97.7 Å². The van der Waals surface area contributed by atoms with Crippen LogP contribution < -0.4 is 0 Å². The molecule has 0 aromatic rings. The average molecular weight is 258 g/mol. The van der Waals surface area contributed by atoms with Gasteiger partial charge in [0, 0.05) is 11.8 Å². The number of hydrogen-bond acceptors (Lipinski definition) is 2. The lowest BCUT2D eigenvalue weighted by molar-refractivity contribution is -0.256. The van der Waals surface area contributed by atoms with Crippen LogP contribution in [0.3, 0.4) is 0 Å². The summed E-state index contributed by atoms with van der Waals surface area (Å²) in [5, 5.41) is 21.1. The summed E-state index contributed by atoms with van der Waals surface area (Å²) in [6.45, 7) is 8.51. The summed E-state index contributed by atoms with van der Waals surface area (Å²) in [6, 6.07) is 0. The van der Waals surface area contributed by atoms with Crippen LogP contribution in [0.15, 0.2) is 0 Å². The van der Waals surface area contributed by atoms with Crippen LogP contribution in [0.2, 0.25) is 0 Å². The molecule has 0 fully saturated rings. The van der Waals surface area contributed by atoms with Gasteiger partial charge in [0.15, 0.2) is 5.79 Å². The molecule has 0 rings (SSSR count). The lowest BCUT2D eigenvalue weighted by atomic mass is 9.67. The monoisotopic (exact) mass is 258 g/mol. The molecule has 0 radical (unpaired) electrons. The maximum absolute atomic E-state index is 10.5. The molecule has 0 unspecified atom stereocenters. The van der Waals surface area contributed by atoms with Crippen molar-refractivity contribution in [3.63, 3.8) is 0 Å². The Kier molecular flexibility index (Phi) is 8.89. The zero-order valence-corrected chi connectivity index (χ0v) is 13.0. The molecule has 2 heteroatoms. The van der Waals surface area contributed by atoms with Crippen molar-refractivity contribution in [3.8, 4) is 0 Å². The van der Waals surface area contributed by atoms with Gasteiger partial charge in [-0.2, -0.15) is 0 Å². The summed E-state index contributed by atoms with van der Waals surface area (Å²) in [5.41, 5.74) is -0.290. The molecule has 0 bridgehead atoms. The van der Waals surface area contributed by atoms with E-state index in [0.717, 1.165) is 44.9 Å². The smallest absolute Gasteiger partial charge is 0.168 e. The minimum absolute atomic E-state index is 0.290. The summed E-state index contributed by atoms with van der Waals surface area (Å²) < 4.78 is 0. The molecule has 0 aromatic carbocycles. The molecule has 0 aromatic heterocycles. The minimum Gasteiger partial charge on any atom is -0.365 e. The molecular formula is C16H34O2. The molecule has 0 heterocycles. The summed E-state index contributed by atoms with van der Waals surface area (Å²) in [6.07, 6.45) is 9.68. The van der Waals surface area contributed by atoms with E-state index in [1.807, 2.05) is 6.92 Å². The van der Waals surface area contributed by atoms with Gasteiger partial charge in [0.05, 0.1) is 0 Å². The van der Waals surface area contributed by atoms with E-state index in [1.54, 1.807) is 0 Å². The van der Waals surface area contributed by atoms with E-state index in [2.05, 4.69) is 20.8 Å². The molecule has 0 aliphatic carbocycles. The third-order valence-electron chi connectivity index (χ3n) is 4.16. The highest BCUT2D eigenvalue weighted by Crippen LogP contribution is 2.46. The van der Waals surface area contributed by atoms with Gasteiger partial charge in [0.2, 0.25) is 0 Å². The van der Waals surface area contributed by atoms with Gasteiger partial charge in [-0.05, 0) is 19.3 Å². The summed E-state index contributed by atoms with van der Waals surface area (Å²) in [4.78, 5) is 0. The Morgan fingerprint density at radius 1 is 0.611 bits per heavy atom. The Balaban J connectivity index is 4.92. The zero-order valence-electron chi connectivity index (χ0n) is 13.0. The van der Waals surface area contributed by atoms with Crippen LogP contribution in [0.25, 0.3) is 0 Å². The Morgan fingerprint density at radius 2 is 1.11 bits per heavy atom. The van der Waals surface area contributed by atoms with E-state index in [1.165, 1.54) is 12.8 Å². The summed E-state index contributed by atoms with van der Waals surface area (Å²) in [7, 11) is 0. The van der Waals surface area contributed by atoms with Crippen molar-refractivity contribution < 1.29 is 10.2 Å². The van der Waals surface area contributed by atoms with Crippen molar-refractivity contribution in [3.05, 3.63) is 0 Å². The van der Waals surface area contributed by atoms with Gasteiger partial charge >= 0.3 is 0 Å². The minimum atomic E-state index is -1.48. The van der Waals surface area contributed by atoms with E-state index in [0.29, 0.717) is 6.42 Å². The van der Waals surface area contributed by atoms with Crippen LogP contribution in [0, 0.1) is 5.41 Å². The average Bonchev–Trinajstić information content (AvgIpc) is 2.29. The highest BCUT2D eigenvalue weighted by molar-refractivity contribution is 4.91. The molecule has 0 saturated heterocycles. The van der Waals surface area contributed by atoms with Gasteiger partial charge in [-0.3, -0.25) is 0 Å². The molecule has 0 saturated carbocycles. The molecule has 18 heavy (non-hydrogen) atoms. The van der Waals surface area contributed by atoms with Gasteiger partial charge in [-0.25, -0.2) is 0 Å². The van der Waals surface area contributed by atoms with E-state index in [9.17, 15) is 10.2 Å². The van der Waals surface area contributed by atoms with Gasteiger partial charge < -0.3 is 10.2 Å². The third-order valence-corrected chi connectivity index (χ3v) is 4.16. The second-order valence-corrected chi connectivity index (χ2v) is 5.80. The van der Waals surface area contributed by atoms with Crippen LogP contribution in [0.4, 0.5) is 0 Å². The molecule has 0 amide bonds. The Bertz CT molecular complexity index is 193. The lowest BCUT2D eigenvalue weighted by Gasteiger charge is -2.44.